The van der Waals surface area contributed by atoms with Crippen molar-refractivity contribution < 1.29 is 0 Å². The van der Waals surface area contributed by atoms with E-state index in [2.05, 4.69) is 15.5 Å². The third-order valence-electron chi connectivity index (χ3n) is 2.86. The highest BCUT2D eigenvalue weighted by molar-refractivity contribution is 6.43. The Balaban J connectivity index is 2.22. The van der Waals surface area contributed by atoms with Gasteiger partial charge in [-0.25, -0.2) is 0 Å². The third kappa shape index (κ3) is 2.55. The molecule has 2 aromatic carbocycles. The van der Waals surface area contributed by atoms with Gasteiger partial charge < -0.3 is 5.73 Å². The molecule has 106 valence electrons. The summed E-state index contributed by atoms with van der Waals surface area (Å²) >= 11 is 18.4. The van der Waals surface area contributed by atoms with Crippen molar-refractivity contribution in [1.29, 1.82) is 0 Å². The molecule has 1 heterocycles. The van der Waals surface area contributed by atoms with Gasteiger partial charge in [-0.2, -0.15) is 4.68 Å². The summed E-state index contributed by atoms with van der Waals surface area (Å²) in [6.07, 6.45) is 0. The standard InChI is InChI=1S/C13H8Cl3N5/c14-9-5-4-7(17)6-8(9)13-18-19-20-21(13)11-3-1-2-10(15)12(11)16/h1-6H,17H2. The second kappa shape index (κ2) is 5.52. The molecule has 1 aromatic heterocycles. The average molecular weight is 341 g/mol. The van der Waals surface area contributed by atoms with Crippen molar-refractivity contribution in [3.63, 3.8) is 0 Å². The van der Waals surface area contributed by atoms with E-state index in [1.165, 1.54) is 4.68 Å². The molecule has 3 aromatic rings. The zero-order valence-corrected chi connectivity index (χ0v) is 12.7. The lowest BCUT2D eigenvalue weighted by molar-refractivity contribution is 0.791. The molecule has 8 heteroatoms. The Morgan fingerprint density at radius 2 is 1.81 bits per heavy atom. The van der Waals surface area contributed by atoms with Gasteiger partial charge in [0.25, 0.3) is 0 Å². The van der Waals surface area contributed by atoms with Crippen LogP contribution in [0.3, 0.4) is 0 Å². The summed E-state index contributed by atoms with van der Waals surface area (Å²) in [6, 6.07) is 10.3. The van der Waals surface area contributed by atoms with Crippen LogP contribution < -0.4 is 5.73 Å². The Labute approximate surface area is 135 Å². The van der Waals surface area contributed by atoms with Gasteiger partial charge in [0.2, 0.25) is 0 Å². The minimum atomic E-state index is 0.354. The summed E-state index contributed by atoms with van der Waals surface area (Å²) in [7, 11) is 0. The number of tetrazole rings is 1. The number of anilines is 1. The quantitative estimate of drug-likeness (QED) is 0.719. The van der Waals surface area contributed by atoms with Gasteiger partial charge in [-0.05, 0) is 40.8 Å². The number of nitrogen functional groups attached to an aromatic ring is 1. The molecule has 0 fully saturated rings. The number of nitrogens with zero attached hydrogens (tertiary/aromatic N) is 4. The van der Waals surface area contributed by atoms with Gasteiger partial charge >= 0.3 is 0 Å². The van der Waals surface area contributed by atoms with Crippen LogP contribution in [0.1, 0.15) is 0 Å². The van der Waals surface area contributed by atoms with Gasteiger partial charge in [0.15, 0.2) is 5.82 Å². The van der Waals surface area contributed by atoms with Gasteiger partial charge in [-0.15, -0.1) is 5.10 Å². The van der Waals surface area contributed by atoms with Crippen LogP contribution in [0, 0.1) is 0 Å². The number of benzene rings is 2. The molecule has 0 aliphatic rings. The molecular weight excluding hydrogens is 333 g/mol. The summed E-state index contributed by atoms with van der Waals surface area (Å²) in [5.74, 6) is 0.427. The van der Waals surface area contributed by atoms with Crippen LogP contribution in [0.5, 0.6) is 0 Å². The fraction of sp³-hybridized carbons (Fsp3) is 0. The van der Waals surface area contributed by atoms with Gasteiger partial charge in [0.05, 0.1) is 20.8 Å². The Bertz CT molecular complexity index is 799. The Hall–Kier alpha value is -1.82. The van der Waals surface area contributed by atoms with Crippen LogP contribution >= 0.6 is 34.8 Å². The minimum Gasteiger partial charge on any atom is -0.399 e. The molecule has 5 nitrogen and oxygen atoms in total. The number of aromatic nitrogens is 4. The fourth-order valence-corrected chi connectivity index (χ4v) is 2.47. The van der Waals surface area contributed by atoms with Crippen LogP contribution in [0.25, 0.3) is 17.1 Å². The Morgan fingerprint density at radius 3 is 2.62 bits per heavy atom. The normalized spacial score (nSPS) is 10.8. The van der Waals surface area contributed by atoms with Crippen LogP contribution in [-0.2, 0) is 0 Å². The van der Waals surface area contributed by atoms with Crippen molar-refractivity contribution in [3.05, 3.63) is 51.5 Å². The summed E-state index contributed by atoms with van der Waals surface area (Å²) in [5.41, 5.74) is 7.52. The second-order valence-corrected chi connectivity index (χ2v) is 5.42. The molecular formula is C13H8Cl3N5. The van der Waals surface area contributed by atoms with Crippen molar-refractivity contribution >= 4 is 40.5 Å². The maximum absolute atomic E-state index is 6.21. The molecule has 0 saturated heterocycles. The Kier molecular flexibility index (Phi) is 3.71. The maximum Gasteiger partial charge on any atom is 0.188 e. The van der Waals surface area contributed by atoms with Crippen molar-refractivity contribution in [2.24, 2.45) is 0 Å². The Morgan fingerprint density at radius 1 is 1.00 bits per heavy atom. The molecule has 0 unspecified atom stereocenters. The highest BCUT2D eigenvalue weighted by Gasteiger charge is 2.17. The van der Waals surface area contributed by atoms with E-state index >= 15 is 0 Å². The smallest absolute Gasteiger partial charge is 0.188 e. The monoisotopic (exact) mass is 339 g/mol. The second-order valence-electron chi connectivity index (χ2n) is 4.23. The minimum absolute atomic E-state index is 0.354. The summed E-state index contributed by atoms with van der Waals surface area (Å²) in [4.78, 5) is 0. The summed E-state index contributed by atoms with van der Waals surface area (Å²) in [5, 5.41) is 12.9. The van der Waals surface area contributed by atoms with E-state index in [1.54, 1.807) is 36.4 Å². The van der Waals surface area contributed by atoms with Crippen molar-refractivity contribution in [2.45, 2.75) is 0 Å². The largest absolute Gasteiger partial charge is 0.399 e. The van der Waals surface area contributed by atoms with E-state index < -0.39 is 0 Å². The highest BCUT2D eigenvalue weighted by Crippen LogP contribution is 2.33. The van der Waals surface area contributed by atoms with Gasteiger partial charge in [-0.1, -0.05) is 40.9 Å². The fourth-order valence-electron chi connectivity index (χ4n) is 1.89. The first kappa shape index (κ1) is 14.1. The molecule has 3 rings (SSSR count). The zero-order chi connectivity index (χ0) is 15.0. The van der Waals surface area contributed by atoms with Crippen LogP contribution in [-0.4, -0.2) is 20.2 Å². The lowest BCUT2D eigenvalue weighted by Gasteiger charge is -2.09. The number of halogens is 3. The SMILES string of the molecule is Nc1ccc(Cl)c(-c2nnnn2-c2cccc(Cl)c2Cl)c1. The first-order valence-corrected chi connectivity index (χ1v) is 6.99. The topological polar surface area (TPSA) is 69.6 Å². The lowest BCUT2D eigenvalue weighted by Crippen LogP contribution is -2.01. The first-order chi connectivity index (χ1) is 10.1. The molecule has 0 spiro atoms. The van der Waals surface area contributed by atoms with Crippen molar-refractivity contribution in [2.75, 3.05) is 5.73 Å². The van der Waals surface area contributed by atoms with E-state index in [0.717, 1.165) is 0 Å². The van der Waals surface area contributed by atoms with Gasteiger partial charge in [0.1, 0.15) is 0 Å². The molecule has 0 atom stereocenters. The van der Waals surface area contributed by atoms with Crippen LogP contribution in [0.15, 0.2) is 36.4 Å². The lowest BCUT2D eigenvalue weighted by atomic mass is 10.2. The van der Waals surface area contributed by atoms with E-state index in [9.17, 15) is 0 Å². The predicted molar refractivity (Wildman–Crippen MR) is 84.0 cm³/mol. The molecule has 0 aliphatic carbocycles. The first-order valence-electron chi connectivity index (χ1n) is 5.86. The van der Waals surface area contributed by atoms with E-state index in [4.69, 9.17) is 40.5 Å². The van der Waals surface area contributed by atoms with E-state index in [0.29, 0.717) is 37.8 Å². The number of hydrogen-bond acceptors (Lipinski definition) is 4. The van der Waals surface area contributed by atoms with Crippen LogP contribution in [0.2, 0.25) is 15.1 Å². The van der Waals surface area contributed by atoms with Gasteiger partial charge in [0, 0.05) is 11.3 Å². The number of rotatable bonds is 2. The predicted octanol–water partition coefficient (Wildman–Crippen LogP) is 3.87. The molecule has 0 saturated carbocycles. The molecule has 21 heavy (non-hydrogen) atoms. The molecule has 0 radical (unpaired) electrons. The maximum atomic E-state index is 6.21. The zero-order valence-electron chi connectivity index (χ0n) is 10.5. The summed E-state index contributed by atoms with van der Waals surface area (Å²) in [6.45, 7) is 0. The number of hydrogen-bond donors (Lipinski definition) is 1. The average Bonchev–Trinajstić information content (AvgIpc) is 2.93. The molecule has 0 aliphatic heterocycles. The van der Waals surface area contributed by atoms with Crippen molar-refractivity contribution in [3.8, 4) is 17.1 Å². The van der Waals surface area contributed by atoms with Crippen LogP contribution in [0.4, 0.5) is 5.69 Å². The summed E-state index contributed by atoms with van der Waals surface area (Å²) < 4.78 is 1.47. The molecule has 0 amide bonds. The molecule has 2 N–H and O–H groups in total. The van der Waals surface area contributed by atoms with Crippen molar-refractivity contribution in [1.82, 2.24) is 20.2 Å². The van der Waals surface area contributed by atoms with Gasteiger partial charge in [-0.3, -0.25) is 0 Å². The molecule has 0 bridgehead atoms. The van der Waals surface area contributed by atoms with E-state index in [-0.39, 0.29) is 0 Å². The third-order valence-corrected chi connectivity index (χ3v) is 4.00. The van der Waals surface area contributed by atoms with E-state index in [1.807, 2.05) is 0 Å². The number of nitrogens with two attached hydrogens (primary N) is 1. The highest BCUT2D eigenvalue weighted by atomic mass is 35.5.